The number of rotatable bonds is 3. The first-order chi connectivity index (χ1) is 8.25. The summed E-state index contributed by atoms with van der Waals surface area (Å²) in [6.45, 7) is 3.03. The second-order valence-corrected chi connectivity index (χ2v) is 4.93. The standard InChI is InChI=1S/C14H16N2O/c1-9-6-10(9)7-16-14(17)12-8-15-13-5-3-2-4-11(12)13/h2-5,8-10,15H,6-7H2,1H3,(H,16,17). The van der Waals surface area contributed by atoms with Crippen molar-refractivity contribution in [2.75, 3.05) is 6.54 Å². The van der Waals surface area contributed by atoms with Crippen LogP contribution in [0.2, 0.25) is 0 Å². The lowest BCUT2D eigenvalue weighted by atomic mass is 10.1. The Morgan fingerprint density at radius 2 is 2.24 bits per heavy atom. The van der Waals surface area contributed by atoms with Crippen LogP contribution in [0.1, 0.15) is 23.7 Å². The van der Waals surface area contributed by atoms with E-state index in [0.29, 0.717) is 5.92 Å². The molecule has 88 valence electrons. The molecule has 2 N–H and O–H groups in total. The number of para-hydroxylation sites is 1. The molecule has 1 aromatic carbocycles. The molecule has 17 heavy (non-hydrogen) atoms. The summed E-state index contributed by atoms with van der Waals surface area (Å²) in [5.74, 6) is 1.49. The number of hydrogen-bond donors (Lipinski definition) is 2. The van der Waals surface area contributed by atoms with Crippen molar-refractivity contribution < 1.29 is 4.79 Å². The molecule has 2 aromatic rings. The molecule has 1 saturated carbocycles. The molecule has 1 heterocycles. The van der Waals surface area contributed by atoms with Gasteiger partial charge in [0.15, 0.2) is 0 Å². The average molecular weight is 228 g/mol. The van der Waals surface area contributed by atoms with Crippen molar-refractivity contribution >= 4 is 16.8 Å². The van der Waals surface area contributed by atoms with Gasteiger partial charge in [-0.05, 0) is 24.3 Å². The van der Waals surface area contributed by atoms with Gasteiger partial charge in [0.05, 0.1) is 5.56 Å². The first-order valence-electron chi connectivity index (χ1n) is 6.10. The molecule has 3 nitrogen and oxygen atoms in total. The maximum absolute atomic E-state index is 12.0. The Morgan fingerprint density at radius 1 is 1.47 bits per heavy atom. The van der Waals surface area contributed by atoms with Crippen molar-refractivity contribution in [1.82, 2.24) is 10.3 Å². The van der Waals surface area contributed by atoms with E-state index in [2.05, 4.69) is 17.2 Å². The molecule has 0 spiro atoms. The number of amides is 1. The van der Waals surface area contributed by atoms with Gasteiger partial charge in [-0.25, -0.2) is 0 Å². The summed E-state index contributed by atoms with van der Waals surface area (Å²) in [7, 11) is 0. The topological polar surface area (TPSA) is 44.9 Å². The minimum absolute atomic E-state index is 0.0292. The fraction of sp³-hybridized carbons (Fsp3) is 0.357. The van der Waals surface area contributed by atoms with E-state index in [4.69, 9.17) is 0 Å². The van der Waals surface area contributed by atoms with Crippen molar-refractivity contribution in [3.8, 4) is 0 Å². The lowest BCUT2D eigenvalue weighted by molar-refractivity contribution is 0.0953. The normalized spacial score (nSPS) is 22.6. The van der Waals surface area contributed by atoms with E-state index in [1.807, 2.05) is 24.3 Å². The highest BCUT2D eigenvalue weighted by Crippen LogP contribution is 2.36. The fourth-order valence-electron chi connectivity index (χ4n) is 2.26. The van der Waals surface area contributed by atoms with Crippen LogP contribution >= 0.6 is 0 Å². The molecule has 0 radical (unpaired) electrons. The molecule has 3 rings (SSSR count). The van der Waals surface area contributed by atoms with Crippen molar-refractivity contribution in [3.05, 3.63) is 36.0 Å². The Morgan fingerprint density at radius 3 is 3.00 bits per heavy atom. The second kappa shape index (κ2) is 3.91. The molecule has 1 fully saturated rings. The summed E-state index contributed by atoms with van der Waals surface area (Å²) in [5, 5.41) is 4.00. The third-order valence-electron chi connectivity index (χ3n) is 3.63. The number of aromatic nitrogens is 1. The molecular weight excluding hydrogens is 212 g/mol. The van der Waals surface area contributed by atoms with Gasteiger partial charge in [-0.15, -0.1) is 0 Å². The molecule has 2 atom stereocenters. The Hall–Kier alpha value is -1.77. The monoisotopic (exact) mass is 228 g/mol. The summed E-state index contributed by atoms with van der Waals surface area (Å²) < 4.78 is 0. The predicted octanol–water partition coefficient (Wildman–Crippen LogP) is 2.55. The molecule has 0 aliphatic heterocycles. The number of benzene rings is 1. The molecule has 1 aromatic heterocycles. The summed E-state index contributed by atoms with van der Waals surface area (Å²) in [6.07, 6.45) is 3.03. The molecule has 0 bridgehead atoms. The smallest absolute Gasteiger partial charge is 0.253 e. The number of aromatic amines is 1. The van der Waals surface area contributed by atoms with Crippen LogP contribution in [-0.2, 0) is 0 Å². The highest BCUT2D eigenvalue weighted by atomic mass is 16.1. The Kier molecular flexibility index (Phi) is 2.39. The van der Waals surface area contributed by atoms with Crippen LogP contribution in [0.4, 0.5) is 0 Å². The van der Waals surface area contributed by atoms with E-state index in [1.165, 1.54) is 6.42 Å². The lowest BCUT2D eigenvalue weighted by Crippen LogP contribution is -2.25. The Labute approximate surface area is 100 Å². The van der Waals surface area contributed by atoms with Crippen molar-refractivity contribution in [1.29, 1.82) is 0 Å². The van der Waals surface area contributed by atoms with E-state index in [0.717, 1.165) is 28.9 Å². The summed E-state index contributed by atoms with van der Waals surface area (Å²) in [4.78, 5) is 15.1. The highest BCUT2D eigenvalue weighted by Gasteiger charge is 2.32. The van der Waals surface area contributed by atoms with Gasteiger partial charge in [0.1, 0.15) is 0 Å². The van der Waals surface area contributed by atoms with Crippen LogP contribution in [-0.4, -0.2) is 17.4 Å². The zero-order valence-corrected chi connectivity index (χ0v) is 9.86. The number of carbonyl (C=O) groups excluding carboxylic acids is 1. The van der Waals surface area contributed by atoms with E-state index >= 15 is 0 Å². The molecular formula is C14H16N2O. The van der Waals surface area contributed by atoms with Gasteiger partial charge < -0.3 is 10.3 Å². The van der Waals surface area contributed by atoms with Gasteiger partial charge in [0.25, 0.3) is 5.91 Å². The van der Waals surface area contributed by atoms with Crippen molar-refractivity contribution in [3.63, 3.8) is 0 Å². The van der Waals surface area contributed by atoms with E-state index in [9.17, 15) is 4.79 Å². The van der Waals surface area contributed by atoms with E-state index < -0.39 is 0 Å². The van der Waals surface area contributed by atoms with Crippen LogP contribution in [0.25, 0.3) is 10.9 Å². The minimum Gasteiger partial charge on any atom is -0.360 e. The zero-order valence-electron chi connectivity index (χ0n) is 9.86. The van der Waals surface area contributed by atoms with Crippen molar-refractivity contribution in [2.24, 2.45) is 11.8 Å². The second-order valence-electron chi connectivity index (χ2n) is 4.93. The maximum atomic E-state index is 12.0. The third-order valence-corrected chi connectivity index (χ3v) is 3.63. The fourth-order valence-corrected chi connectivity index (χ4v) is 2.26. The zero-order chi connectivity index (χ0) is 11.8. The van der Waals surface area contributed by atoms with Crippen LogP contribution in [0.3, 0.4) is 0 Å². The predicted molar refractivity (Wildman–Crippen MR) is 67.9 cm³/mol. The van der Waals surface area contributed by atoms with E-state index in [1.54, 1.807) is 6.20 Å². The number of carbonyl (C=O) groups is 1. The summed E-state index contributed by atoms with van der Waals surface area (Å²) in [5.41, 5.74) is 1.76. The van der Waals surface area contributed by atoms with Gasteiger partial charge >= 0.3 is 0 Å². The van der Waals surface area contributed by atoms with Crippen molar-refractivity contribution in [2.45, 2.75) is 13.3 Å². The third kappa shape index (κ3) is 1.93. The molecule has 1 aliphatic carbocycles. The minimum atomic E-state index is 0.0292. The van der Waals surface area contributed by atoms with Gasteiger partial charge in [-0.2, -0.15) is 0 Å². The number of nitrogens with one attached hydrogen (secondary N) is 2. The quantitative estimate of drug-likeness (QED) is 0.833. The molecule has 0 saturated heterocycles. The number of fused-ring (bicyclic) bond motifs is 1. The molecule has 3 heteroatoms. The average Bonchev–Trinajstić information content (AvgIpc) is 2.89. The van der Waals surface area contributed by atoms with Crippen LogP contribution in [0.15, 0.2) is 30.5 Å². The van der Waals surface area contributed by atoms with E-state index in [-0.39, 0.29) is 5.91 Å². The molecule has 1 aliphatic rings. The SMILES string of the molecule is CC1CC1CNC(=O)c1c[nH]c2ccccc12. The first kappa shape index (κ1) is 10.4. The summed E-state index contributed by atoms with van der Waals surface area (Å²) >= 11 is 0. The Bertz CT molecular complexity index is 558. The van der Waals surface area contributed by atoms with Crippen LogP contribution in [0, 0.1) is 11.8 Å². The van der Waals surface area contributed by atoms with Gasteiger partial charge in [0, 0.05) is 23.6 Å². The summed E-state index contributed by atoms with van der Waals surface area (Å²) in [6, 6.07) is 7.87. The molecule has 2 unspecified atom stereocenters. The van der Waals surface area contributed by atoms with Gasteiger partial charge in [0.2, 0.25) is 0 Å². The van der Waals surface area contributed by atoms with Crippen LogP contribution in [0.5, 0.6) is 0 Å². The maximum Gasteiger partial charge on any atom is 0.253 e. The Balaban J connectivity index is 1.76. The number of H-pyrrole nitrogens is 1. The van der Waals surface area contributed by atoms with Gasteiger partial charge in [-0.3, -0.25) is 4.79 Å². The molecule has 1 amide bonds. The number of hydrogen-bond acceptors (Lipinski definition) is 1. The highest BCUT2D eigenvalue weighted by molar-refractivity contribution is 6.06. The van der Waals surface area contributed by atoms with Gasteiger partial charge in [-0.1, -0.05) is 25.1 Å². The first-order valence-corrected chi connectivity index (χ1v) is 6.10. The van der Waals surface area contributed by atoms with Crippen LogP contribution < -0.4 is 5.32 Å². The lowest BCUT2D eigenvalue weighted by Gasteiger charge is -2.02. The largest absolute Gasteiger partial charge is 0.360 e.